The second-order valence-corrected chi connectivity index (χ2v) is 7.28. The molecule has 0 radical (unpaired) electrons. The van der Waals surface area contributed by atoms with E-state index in [2.05, 4.69) is 15.0 Å². The summed E-state index contributed by atoms with van der Waals surface area (Å²) in [6, 6.07) is 3.50. The van der Waals surface area contributed by atoms with Crippen LogP contribution < -0.4 is 5.56 Å². The molecule has 4 rings (SSSR count). The van der Waals surface area contributed by atoms with E-state index in [0.717, 1.165) is 0 Å². The highest BCUT2D eigenvalue weighted by Crippen LogP contribution is 2.33. The van der Waals surface area contributed by atoms with Crippen LogP contribution in [0.2, 0.25) is 0 Å². The van der Waals surface area contributed by atoms with Gasteiger partial charge in [-0.25, -0.2) is 14.8 Å². The molecular formula is C16H16N4O8S. The number of nitrogens with zero attached hydrogens (tertiary/aromatic N) is 3. The molecule has 5 N–H and O–H groups in total. The Balaban J connectivity index is 1.65. The number of hydrogen-bond donors (Lipinski definition) is 5. The van der Waals surface area contributed by atoms with Crippen molar-refractivity contribution < 1.29 is 34.4 Å². The van der Waals surface area contributed by atoms with Gasteiger partial charge in [0.15, 0.2) is 28.7 Å². The first-order valence-electron chi connectivity index (χ1n) is 8.41. The number of aromatic amines is 1. The normalized spacial score (nSPS) is 25.5. The quantitative estimate of drug-likeness (QED) is 0.243. The van der Waals surface area contributed by atoms with Crippen molar-refractivity contribution in [2.75, 3.05) is 0 Å². The summed E-state index contributed by atoms with van der Waals surface area (Å²) in [4.78, 5) is 34.2. The maximum absolute atomic E-state index is 12.3. The predicted octanol–water partition coefficient (Wildman–Crippen LogP) is -0.930. The minimum Gasteiger partial charge on any atom is -0.479 e. The molecule has 1 unspecified atom stereocenters. The highest BCUT2D eigenvalue weighted by Gasteiger charge is 2.49. The van der Waals surface area contributed by atoms with E-state index in [1.54, 1.807) is 12.1 Å². The van der Waals surface area contributed by atoms with E-state index in [-0.39, 0.29) is 16.3 Å². The summed E-state index contributed by atoms with van der Waals surface area (Å²) in [7, 11) is 0. The minimum absolute atomic E-state index is 0.0279. The third-order valence-electron chi connectivity index (χ3n) is 4.46. The van der Waals surface area contributed by atoms with E-state index < -0.39 is 42.2 Å². The van der Waals surface area contributed by atoms with Gasteiger partial charge in [0, 0.05) is 0 Å². The maximum atomic E-state index is 12.3. The molecule has 3 aromatic rings. The molecule has 1 fully saturated rings. The van der Waals surface area contributed by atoms with Crippen LogP contribution in [-0.4, -0.2) is 70.3 Å². The van der Waals surface area contributed by atoms with Gasteiger partial charge in [0.1, 0.15) is 24.1 Å². The van der Waals surface area contributed by atoms with Crippen molar-refractivity contribution in [1.29, 1.82) is 0 Å². The summed E-state index contributed by atoms with van der Waals surface area (Å²) in [5, 5.41) is 39.3. The molecule has 1 saturated heterocycles. The van der Waals surface area contributed by atoms with E-state index in [1.165, 1.54) is 28.9 Å². The number of nitrogens with one attached hydrogen (secondary N) is 1. The van der Waals surface area contributed by atoms with Gasteiger partial charge in [-0.1, -0.05) is 11.8 Å². The van der Waals surface area contributed by atoms with Crippen molar-refractivity contribution in [3.63, 3.8) is 0 Å². The zero-order valence-corrected chi connectivity index (χ0v) is 15.4. The molecule has 0 bridgehead atoms. The molecule has 5 atom stereocenters. The number of aliphatic carboxylic acids is 1. The van der Waals surface area contributed by atoms with Gasteiger partial charge in [-0.3, -0.25) is 14.3 Å². The number of imidazole rings is 1. The summed E-state index contributed by atoms with van der Waals surface area (Å²) in [6.07, 6.45) is -5.45. The zero-order chi connectivity index (χ0) is 20.7. The Bertz CT molecular complexity index is 1080. The monoisotopic (exact) mass is 424 g/mol. The maximum Gasteiger partial charge on any atom is 0.335 e. The van der Waals surface area contributed by atoms with Gasteiger partial charge in [-0.05, 0) is 12.1 Å². The zero-order valence-electron chi connectivity index (χ0n) is 14.6. The molecule has 29 heavy (non-hydrogen) atoms. The number of carboxylic acid groups (broad SMARTS) is 1. The molecule has 0 amide bonds. The molecular weight excluding hydrogens is 408 g/mol. The Labute approximate surface area is 165 Å². The third-order valence-corrected chi connectivity index (χ3v) is 5.35. The van der Waals surface area contributed by atoms with Gasteiger partial charge in [0.05, 0.1) is 18.3 Å². The number of carboxylic acids is 1. The van der Waals surface area contributed by atoms with Gasteiger partial charge >= 0.3 is 5.97 Å². The Kier molecular flexibility index (Phi) is 5.14. The summed E-state index contributed by atoms with van der Waals surface area (Å²) < 4.78 is 11.8. The smallest absolute Gasteiger partial charge is 0.335 e. The number of furan rings is 1. The molecule has 154 valence electrons. The topological polar surface area (TPSA) is 184 Å². The van der Waals surface area contributed by atoms with E-state index in [0.29, 0.717) is 11.5 Å². The van der Waals surface area contributed by atoms with E-state index in [1.807, 2.05) is 0 Å². The van der Waals surface area contributed by atoms with Crippen LogP contribution >= 0.6 is 11.8 Å². The van der Waals surface area contributed by atoms with Crippen molar-refractivity contribution in [3.8, 4) is 0 Å². The van der Waals surface area contributed by atoms with Crippen molar-refractivity contribution in [3.05, 3.63) is 40.8 Å². The van der Waals surface area contributed by atoms with Crippen molar-refractivity contribution >= 4 is 28.9 Å². The molecule has 4 heterocycles. The fraction of sp³-hybridized carbons (Fsp3) is 0.375. The Hall–Kier alpha value is -2.71. The summed E-state index contributed by atoms with van der Waals surface area (Å²) in [5.41, 5.74) is -0.483. The lowest BCUT2D eigenvalue weighted by atomic mass is 10.1. The highest BCUT2D eigenvalue weighted by molar-refractivity contribution is 7.98. The number of carbonyl (C=O) groups is 1. The summed E-state index contributed by atoms with van der Waals surface area (Å²) in [5.74, 6) is -0.526. The SMILES string of the molecule is O=C(O)C(O)[C@H]1O[C@@H](n2cnc3c(=O)[nH]c(SCc4ccco4)nc32)[C@H](O)[C@@H]1O. The first-order chi connectivity index (χ1) is 13.9. The average molecular weight is 424 g/mol. The fourth-order valence-electron chi connectivity index (χ4n) is 3.01. The Morgan fingerprint density at radius 1 is 1.38 bits per heavy atom. The highest BCUT2D eigenvalue weighted by atomic mass is 32.2. The lowest BCUT2D eigenvalue weighted by molar-refractivity contribution is -0.160. The van der Waals surface area contributed by atoms with Gasteiger partial charge in [0.2, 0.25) is 0 Å². The van der Waals surface area contributed by atoms with E-state index >= 15 is 0 Å². The van der Waals surface area contributed by atoms with Crippen LogP contribution in [0.5, 0.6) is 0 Å². The summed E-state index contributed by atoms with van der Waals surface area (Å²) >= 11 is 1.20. The van der Waals surface area contributed by atoms with Crippen molar-refractivity contribution in [2.24, 2.45) is 0 Å². The summed E-state index contributed by atoms with van der Waals surface area (Å²) in [6.45, 7) is 0. The number of aliphatic hydroxyl groups is 3. The fourth-order valence-corrected chi connectivity index (χ4v) is 3.77. The number of thioether (sulfide) groups is 1. The van der Waals surface area contributed by atoms with E-state index in [9.17, 15) is 24.9 Å². The molecule has 1 aliphatic rings. The molecule has 12 nitrogen and oxygen atoms in total. The van der Waals surface area contributed by atoms with Crippen molar-refractivity contribution in [2.45, 2.75) is 41.6 Å². The molecule has 3 aromatic heterocycles. The molecule has 13 heteroatoms. The van der Waals surface area contributed by atoms with Gasteiger partial charge < -0.3 is 29.6 Å². The lowest BCUT2D eigenvalue weighted by Gasteiger charge is -2.17. The third kappa shape index (κ3) is 3.54. The molecule has 0 aromatic carbocycles. The molecule has 0 aliphatic carbocycles. The predicted molar refractivity (Wildman–Crippen MR) is 96.0 cm³/mol. The molecule has 0 saturated carbocycles. The van der Waals surface area contributed by atoms with Crippen LogP contribution in [0, 0.1) is 0 Å². The molecule has 1 aliphatic heterocycles. The largest absolute Gasteiger partial charge is 0.479 e. The average Bonchev–Trinajstić information content (AvgIpc) is 3.41. The first kappa shape index (κ1) is 19.6. The second-order valence-electron chi connectivity index (χ2n) is 6.32. The number of aliphatic hydroxyl groups excluding tert-OH is 3. The first-order valence-corrected chi connectivity index (χ1v) is 9.40. The van der Waals surface area contributed by atoms with Crippen LogP contribution in [0.4, 0.5) is 0 Å². The van der Waals surface area contributed by atoms with Gasteiger partial charge in [-0.2, -0.15) is 0 Å². The van der Waals surface area contributed by atoms with Crippen LogP contribution in [0.3, 0.4) is 0 Å². The number of aromatic nitrogens is 4. The van der Waals surface area contributed by atoms with Crippen LogP contribution in [-0.2, 0) is 15.3 Å². The van der Waals surface area contributed by atoms with Gasteiger partial charge in [0.25, 0.3) is 5.56 Å². The Morgan fingerprint density at radius 2 is 2.17 bits per heavy atom. The number of rotatable bonds is 6. The standard InChI is InChI=1S/C16H16N4O8S/c21-8-9(22)14(28-11(8)10(23)15(25)26)20-5-17-7-12(20)18-16(19-13(7)24)29-4-6-2-1-3-27-6/h1-3,5,8-11,14,21-23H,4H2,(H,25,26)(H,18,19,24)/t8-,9+,10?,11-,14+/m0/s1. The lowest BCUT2D eigenvalue weighted by Crippen LogP contribution is -2.42. The minimum atomic E-state index is -2.05. The number of H-pyrrole nitrogens is 1. The van der Waals surface area contributed by atoms with E-state index in [4.69, 9.17) is 14.3 Å². The number of fused-ring (bicyclic) bond motifs is 1. The van der Waals surface area contributed by atoms with Crippen molar-refractivity contribution in [1.82, 2.24) is 19.5 Å². The molecule has 0 spiro atoms. The van der Waals surface area contributed by atoms with Gasteiger partial charge in [-0.15, -0.1) is 0 Å². The second kappa shape index (κ2) is 7.61. The van der Waals surface area contributed by atoms with Crippen LogP contribution in [0.1, 0.15) is 12.0 Å². The van der Waals surface area contributed by atoms with Crippen LogP contribution in [0.25, 0.3) is 11.2 Å². The Morgan fingerprint density at radius 3 is 2.86 bits per heavy atom. The number of hydrogen-bond acceptors (Lipinski definition) is 10. The number of ether oxygens (including phenoxy) is 1. The van der Waals surface area contributed by atoms with Crippen LogP contribution in [0.15, 0.2) is 39.1 Å².